The van der Waals surface area contributed by atoms with E-state index in [1.807, 2.05) is 35.6 Å². The lowest BCUT2D eigenvalue weighted by Crippen LogP contribution is -2.00. The van der Waals surface area contributed by atoms with E-state index < -0.39 is 0 Å². The first kappa shape index (κ1) is 14.6. The number of nitrogens with one attached hydrogen (secondary N) is 1. The molecule has 0 aliphatic heterocycles. The zero-order valence-electron chi connectivity index (χ0n) is 11.1. The van der Waals surface area contributed by atoms with Crippen molar-refractivity contribution >= 4 is 18.2 Å². The second kappa shape index (κ2) is 6.44. The van der Waals surface area contributed by atoms with Gasteiger partial charge in [0.2, 0.25) is 0 Å². The van der Waals surface area contributed by atoms with Gasteiger partial charge in [-0.2, -0.15) is 10.2 Å². The van der Waals surface area contributed by atoms with Gasteiger partial charge in [0.15, 0.2) is 0 Å². The molecule has 0 aliphatic carbocycles. The maximum atomic E-state index is 4.35. The molecule has 0 atom stereocenters. The van der Waals surface area contributed by atoms with Gasteiger partial charge in [0, 0.05) is 43.7 Å². The van der Waals surface area contributed by atoms with Gasteiger partial charge in [-0.25, -0.2) is 0 Å². The molecule has 0 amide bonds. The summed E-state index contributed by atoms with van der Waals surface area (Å²) in [7, 11) is 1.94. The van der Waals surface area contributed by atoms with E-state index in [0.717, 1.165) is 31.0 Å². The fraction of sp³-hybridized carbons (Fsp3) is 0.500. The minimum absolute atomic E-state index is 0. The summed E-state index contributed by atoms with van der Waals surface area (Å²) in [5.74, 6) is 0.910. The van der Waals surface area contributed by atoms with Crippen LogP contribution in [0.2, 0.25) is 0 Å². The Bertz CT molecular complexity index is 469. The van der Waals surface area contributed by atoms with E-state index in [1.165, 1.54) is 5.56 Å². The molecule has 2 heterocycles. The van der Waals surface area contributed by atoms with E-state index in [-0.39, 0.29) is 12.4 Å². The second-order valence-corrected chi connectivity index (χ2v) is 4.26. The maximum absolute atomic E-state index is 4.35. The van der Waals surface area contributed by atoms with Crippen LogP contribution in [-0.2, 0) is 20.1 Å². The fourth-order valence-electron chi connectivity index (χ4n) is 1.69. The lowest BCUT2D eigenvalue weighted by Gasteiger charge is -1.99. The topological polar surface area (TPSA) is 47.7 Å². The van der Waals surface area contributed by atoms with Crippen LogP contribution in [0.4, 0.5) is 5.82 Å². The van der Waals surface area contributed by atoms with Crippen LogP contribution in [-0.4, -0.2) is 19.6 Å². The van der Waals surface area contributed by atoms with Crippen molar-refractivity contribution in [1.82, 2.24) is 19.6 Å². The van der Waals surface area contributed by atoms with E-state index in [1.54, 1.807) is 0 Å². The minimum atomic E-state index is 0. The standard InChI is InChI=1S/C12H19N5.ClH/c1-4-5-17-9-11(8-14-17)7-13-12-6-10(2)16(3)15-12;/h6,8-9H,4-5,7H2,1-3H3,(H,13,15);1H. The number of nitrogens with zero attached hydrogens (tertiary/aromatic N) is 4. The smallest absolute Gasteiger partial charge is 0.148 e. The van der Waals surface area contributed by atoms with Gasteiger partial charge in [-0.3, -0.25) is 9.36 Å². The number of hydrogen-bond acceptors (Lipinski definition) is 3. The largest absolute Gasteiger partial charge is 0.364 e. The summed E-state index contributed by atoms with van der Waals surface area (Å²) in [5, 5.41) is 11.9. The molecule has 18 heavy (non-hydrogen) atoms. The molecule has 0 radical (unpaired) electrons. The first-order valence-corrected chi connectivity index (χ1v) is 5.95. The van der Waals surface area contributed by atoms with Gasteiger partial charge in [0.25, 0.3) is 0 Å². The van der Waals surface area contributed by atoms with E-state index >= 15 is 0 Å². The predicted molar refractivity (Wildman–Crippen MR) is 75.0 cm³/mol. The maximum Gasteiger partial charge on any atom is 0.148 e. The first-order chi connectivity index (χ1) is 8.19. The molecule has 0 bridgehead atoms. The summed E-state index contributed by atoms with van der Waals surface area (Å²) in [6, 6.07) is 2.04. The third-order valence-electron chi connectivity index (χ3n) is 2.73. The molecule has 0 fully saturated rings. The molecule has 2 aromatic rings. The van der Waals surface area contributed by atoms with Crippen molar-refractivity contribution in [3.8, 4) is 0 Å². The predicted octanol–water partition coefficient (Wildman–Crippen LogP) is 2.37. The third kappa shape index (κ3) is 3.50. The van der Waals surface area contributed by atoms with Crippen molar-refractivity contribution in [2.24, 2.45) is 7.05 Å². The highest BCUT2D eigenvalue weighted by Crippen LogP contribution is 2.08. The van der Waals surface area contributed by atoms with Crippen LogP contribution in [0.5, 0.6) is 0 Å². The number of hydrogen-bond donors (Lipinski definition) is 1. The number of anilines is 1. The van der Waals surface area contributed by atoms with Crippen molar-refractivity contribution in [2.45, 2.75) is 33.4 Å². The molecule has 2 aromatic heterocycles. The van der Waals surface area contributed by atoms with Crippen LogP contribution in [0, 0.1) is 6.92 Å². The monoisotopic (exact) mass is 269 g/mol. The van der Waals surface area contributed by atoms with E-state index in [0.29, 0.717) is 0 Å². The van der Waals surface area contributed by atoms with Gasteiger partial charge in [-0.1, -0.05) is 6.92 Å². The highest BCUT2D eigenvalue weighted by molar-refractivity contribution is 5.85. The average molecular weight is 270 g/mol. The Morgan fingerprint density at radius 1 is 1.39 bits per heavy atom. The van der Waals surface area contributed by atoms with Gasteiger partial charge in [-0.05, 0) is 13.3 Å². The zero-order chi connectivity index (χ0) is 12.3. The number of aryl methyl sites for hydroxylation is 3. The molecular weight excluding hydrogens is 250 g/mol. The van der Waals surface area contributed by atoms with E-state index in [9.17, 15) is 0 Å². The summed E-state index contributed by atoms with van der Waals surface area (Å²) >= 11 is 0. The number of rotatable bonds is 5. The van der Waals surface area contributed by atoms with Crippen molar-refractivity contribution in [3.63, 3.8) is 0 Å². The molecule has 2 rings (SSSR count). The Morgan fingerprint density at radius 2 is 2.17 bits per heavy atom. The van der Waals surface area contributed by atoms with Crippen molar-refractivity contribution < 1.29 is 0 Å². The second-order valence-electron chi connectivity index (χ2n) is 4.26. The van der Waals surface area contributed by atoms with Crippen LogP contribution in [0.15, 0.2) is 18.5 Å². The van der Waals surface area contributed by atoms with Crippen molar-refractivity contribution in [2.75, 3.05) is 5.32 Å². The Balaban J connectivity index is 0.00000162. The van der Waals surface area contributed by atoms with Gasteiger partial charge in [-0.15, -0.1) is 12.4 Å². The van der Waals surface area contributed by atoms with E-state index in [2.05, 4.69) is 28.6 Å². The SMILES string of the molecule is CCCn1cc(CNc2cc(C)n(C)n2)cn1.Cl. The number of aromatic nitrogens is 4. The Morgan fingerprint density at radius 3 is 2.78 bits per heavy atom. The lowest BCUT2D eigenvalue weighted by molar-refractivity contribution is 0.602. The van der Waals surface area contributed by atoms with Crippen LogP contribution in [0.25, 0.3) is 0 Å². The van der Waals surface area contributed by atoms with Crippen LogP contribution >= 0.6 is 12.4 Å². The summed E-state index contributed by atoms with van der Waals surface area (Å²) < 4.78 is 3.84. The molecular formula is C12H20ClN5. The molecule has 1 N–H and O–H groups in total. The quantitative estimate of drug-likeness (QED) is 0.907. The molecule has 5 nitrogen and oxygen atoms in total. The van der Waals surface area contributed by atoms with Crippen LogP contribution in [0.3, 0.4) is 0 Å². The van der Waals surface area contributed by atoms with Gasteiger partial charge >= 0.3 is 0 Å². The molecule has 0 saturated heterocycles. The summed E-state index contributed by atoms with van der Waals surface area (Å²) in [4.78, 5) is 0. The van der Waals surface area contributed by atoms with Crippen LogP contribution in [0.1, 0.15) is 24.6 Å². The molecule has 6 heteroatoms. The normalized spacial score (nSPS) is 10.2. The lowest BCUT2D eigenvalue weighted by atomic mass is 10.3. The summed E-state index contributed by atoms with van der Waals surface area (Å²) in [6.45, 7) is 5.93. The summed E-state index contributed by atoms with van der Waals surface area (Å²) in [5.41, 5.74) is 2.33. The minimum Gasteiger partial charge on any atom is -0.364 e. The Kier molecular flexibility index (Phi) is 5.22. The zero-order valence-corrected chi connectivity index (χ0v) is 11.9. The molecule has 0 saturated carbocycles. The number of halogens is 1. The summed E-state index contributed by atoms with van der Waals surface area (Å²) in [6.07, 6.45) is 5.08. The fourth-order valence-corrected chi connectivity index (χ4v) is 1.69. The molecule has 0 unspecified atom stereocenters. The first-order valence-electron chi connectivity index (χ1n) is 5.95. The van der Waals surface area contributed by atoms with Crippen molar-refractivity contribution in [1.29, 1.82) is 0 Å². The van der Waals surface area contributed by atoms with Gasteiger partial charge < -0.3 is 5.32 Å². The Hall–Kier alpha value is -1.49. The van der Waals surface area contributed by atoms with Gasteiger partial charge in [0.1, 0.15) is 5.82 Å². The average Bonchev–Trinajstić information content (AvgIpc) is 2.85. The molecule has 0 aliphatic rings. The molecule has 100 valence electrons. The van der Waals surface area contributed by atoms with Crippen LogP contribution < -0.4 is 5.32 Å². The Labute approximate surface area is 114 Å². The molecule has 0 spiro atoms. The molecule has 0 aromatic carbocycles. The highest BCUT2D eigenvalue weighted by Gasteiger charge is 2.02. The highest BCUT2D eigenvalue weighted by atomic mass is 35.5. The van der Waals surface area contributed by atoms with Gasteiger partial charge in [0.05, 0.1) is 6.20 Å². The third-order valence-corrected chi connectivity index (χ3v) is 2.73. The van der Waals surface area contributed by atoms with Crippen molar-refractivity contribution in [3.05, 3.63) is 29.7 Å². The van der Waals surface area contributed by atoms with E-state index in [4.69, 9.17) is 0 Å².